The van der Waals surface area contributed by atoms with Crippen molar-refractivity contribution in [3.8, 4) is 17.2 Å². The van der Waals surface area contributed by atoms with Gasteiger partial charge >= 0.3 is 12.3 Å². The number of halogens is 1. The molecule has 2 saturated carbocycles. The number of hydrogen-bond acceptors (Lipinski definition) is 7. The van der Waals surface area contributed by atoms with Crippen molar-refractivity contribution in [2.45, 2.75) is 76.4 Å². The Bertz CT molecular complexity index is 994. The fourth-order valence-electron chi connectivity index (χ4n) is 4.51. The van der Waals surface area contributed by atoms with Crippen LogP contribution >= 0.6 is 11.6 Å². The van der Waals surface area contributed by atoms with Crippen LogP contribution in [0.4, 0.5) is 9.59 Å². The summed E-state index contributed by atoms with van der Waals surface area (Å²) in [5.74, 6) is 0.613. The predicted molar refractivity (Wildman–Crippen MR) is 123 cm³/mol. The number of fused-ring (bicyclic) bond motifs is 1. The highest BCUT2D eigenvalue weighted by Crippen LogP contribution is 2.43. The van der Waals surface area contributed by atoms with Crippen molar-refractivity contribution in [1.82, 2.24) is 0 Å². The molecule has 2 aliphatic carbocycles. The molecule has 4 rings (SSSR count). The largest absolute Gasteiger partial charge is 0.514 e. The van der Waals surface area contributed by atoms with E-state index in [2.05, 4.69) is 0 Å². The lowest BCUT2D eigenvalue weighted by Crippen LogP contribution is -2.23. The summed E-state index contributed by atoms with van der Waals surface area (Å²) in [6.45, 7) is 0. The zero-order valence-corrected chi connectivity index (χ0v) is 19.5. The van der Waals surface area contributed by atoms with Crippen LogP contribution in [0.2, 0.25) is 5.02 Å². The summed E-state index contributed by atoms with van der Waals surface area (Å²) in [5, 5.41) is 1.43. The molecule has 0 radical (unpaired) electrons. The molecule has 0 unspecified atom stereocenters. The molecule has 0 spiro atoms. The van der Waals surface area contributed by atoms with Crippen molar-refractivity contribution in [1.29, 1.82) is 0 Å². The Morgan fingerprint density at radius 3 is 1.91 bits per heavy atom. The third-order valence-corrected chi connectivity index (χ3v) is 6.44. The molecule has 0 atom stereocenters. The van der Waals surface area contributed by atoms with E-state index < -0.39 is 12.3 Å². The third kappa shape index (κ3) is 6.02. The molecule has 0 heterocycles. The van der Waals surface area contributed by atoms with Crippen LogP contribution < -0.4 is 14.2 Å². The molecular weight excluding hydrogens is 448 g/mol. The average Bonchev–Trinajstić information content (AvgIpc) is 2.81. The van der Waals surface area contributed by atoms with E-state index in [-0.39, 0.29) is 29.5 Å². The van der Waals surface area contributed by atoms with Gasteiger partial charge < -0.3 is 23.7 Å². The molecule has 0 aliphatic heterocycles. The predicted octanol–water partition coefficient (Wildman–Crippen LogP) is 7.20. The highest BCUT2D eigenvalue weighted by Gasteiger charge is 2.25. The topological polar surface area (TPSA) is 80.3 Å². The summed E-state index contributed by atoms with van der Waals surface area (Å²) in [4.78, 5) is 25.0. The number of rotatable bonds is 5. The molecule has 33 heavy (non-hydrogen) atoms. The molecular formula is C25H29ClO7. The maximum atomic E-state index is 12.5. The van der Waals surface area contributed by atoms with Gasteiger partial charge in [-0.15, -0.1) is 0 Å². The second kappa shape index (κ2) is 11.0. The first-order chi connectivity index (χ1) is 16.0. The number of benzene rings is 2. The van der Waals surface area contributed by atoms with E-state index in [0.29, 0.717) is 15.8 Å². The van der Waals surface area contributed by atoms with Gasteiger partial charge in [0.2, 0.25) is 0 Å². The minimum absolute atomic E-state index is 0.139. The van der Waals surface area contributed by atoms with Crippen LogP contribution in [0.5, 0.6) is 17.2 Å². The summed E-state index contributed by atoms with van der Waals surface area (Å²) in [6, 6.07) is 6.47. The van der Waals surface area contributed by atoms with Crippen molar-refractivity contribution in [3.05, 3.63) is 29.3 Å². The molecule has 8 heteroatoms. The lowest BCUT2D eigenvalue weighted by Gasteiger charge is -2.22. The van der Waals surface area contributed by atoms with Crippen molar-refractivity contribution < 1.29 is 33.3 Å². The van der Waals surface area contributed by atoms with Gasteiger partial charge in [0.15, 0.2) is 11.5 Å². The van der Waals surface area contributed by atoms with Crippen LogP contribution in [-0.4, -0.2) is 31.6 Å². The van der Waals surface area contributed by atoms with E-state index in [4.69, 9.17) is 35.3 Å². The first-order valence-corrected chi connectivity index (χ1v) is 12.0. The summed E-state index contributed by atoms with van der Waals surface area (Å²) in [7, 11) is 1.44. The normalized spacial score (nSPS) is 17.4. The number of ether oxygens (including phenoxy) is 5. The molecule has 0 saturated heterocycles. The molecule has 2 aromatic rings. The van der Waals surface area contributed by atoms with Gasteiger partial charge in [0.25, 0.3) is 0 Å². The van der Waals surface area contributed by atoms with E-state index in [9.17, 15) is 9.59 Å². The second-order valence-electron chi connectivity index (χ2n) is 8.56. The Labute approximate surface area is 198 Å². The number of carbonyl (C=O) groups excluding carboxylic acids is 2. The van der Waals surface area contributed by atoms with Gasteiger partial charge in [-0.25, -0.2) is 9.59 Å². The van der Waals surface area contributed by atoms with Gasteiger partial charge in [-0.1, -0.05) is 24.4 Å². The van der Waals surface area contributed by atoms with Crippen molar-refractivity contribution in [2.75, 3.05) is 7.11 Å². The molecule has 2 fully saturated rings. The van der Waals surface area contributed by atoms with Crippen molar-refractivity contribution in [2.24, 2.45) is 0 Å². The zero-order valence-electron chi connectivity index (χ0n) is 18.8. The van der Waals surface area contributed by atoms with E-state index >= 15 is 0 Å². The number of hydrogen-bond donors (Lipinski definition) is 0. The fourth-order valence-corrected chi connectivity index (χ4v) is 4.69. The molecule has 2 aliphatic rings. The van der Waals surface area contributed by atoms with Crippen LogP contribution in [0.3, 0.4) is 0 Å². The third-order valence-electron chi connectivity index (χ3n) is 6.21. The molecule has 7 nitrogen and oxygen atoms in total. The SMILES string of the molecule is COc1cc(OC(=O)OC2CCCCC2)c2cc(Cl)ccc2c1OC(=O)OC1CCCCC1. The van der Waals surface area contributed by atoms with E-state index in [1.165, 1.54) is 13.2 Å². The first-order valence-electron chi connectivity index (χ1n) is 11.6. The van der Waals surface area contributed by atoms with Gasteiger partial charge in [0.05, 0.1) is 7.11 Å². The van der Waals surface area contributed by atoms with Crippen LogP contribution in [0.1, 0.15) is 64.2 Å². The van der Waals surface area contributed by atoms with Crippen LogP contribution in [0, 0.1) is 0 Å². The maximum absolute atomic E-state index is 12.5. The lowest BCUT2D eigenvalue weighted by molar-refractivity contribution is 0.0400. The zero-order chi connectivity index (χ0) is 23.2. The fraction of sp³-hybridized carbons (Fsp3) is 0.520. The Balaban J connectivity index is 1.57. The van der Waals surface area contributed by atoms with Gasteiger partial charge in [-0.3, -0.25) is 0 Å². The molecule has 0 bridgehead atoms. The quantitative estimate of drug-likeness (QED) is 0.333. The maximum Gasteiger partial charge on any atom is 0.514 e. The van der Waals surface area contributed by atoms with Crippen LogP contribution in [0.25, 0.3) is 10.8 Å². The highest BCUT2D eigenvalue weighted by atomic mass is 35.5. The summed E-state index contributed by atoms with van der Waals surface area (Å²) < 4.78 is 27.5. The molecule has 0 aromatic heterocycles. The van der Waals surface area contributed by atoms with Crippen LogP contribution in [-0.2, 0) is 9.47 Å². The highest BCUT2D eigenvalue weighted by molar-refractivity contribution is 6.31. The first kappa shape index (κ1) is 23.5. The van der Waals surface area contributed by atoms with Crippen LogP contribution in [0.15, 0.2) is 24.3 Å². The molecule has 0 N–H and O–H groups in total. The number of carbonyl (C=O) groups is 2. The lowest BCUT2D eigenvalue weighted by atomic mass is 9.98. The van der Waals surface area contributed by atoms with E-state index in [1.807, 2.05) is 0 Å². The van der Waals surface area contributed by atoms with Gasteiger partial charge in [-0.2, -0.15) is 0 Å². The minimum atomic E-state index is -0.790. The van der Waals surface area contributed by atoms with Gasteiger partial charge in [0, 0.05) is 21.9 Å². The Morgan fingerprint density at radius 2 is 1.33 bits per heavy atom. The van der Waals surface area contributed by atoms with Crippen molar-refractivity contribution >= 4 is 34.7 Å². The monoisotopic (exact) mass is 476 g/mol. The minimum Gasteiger partial charge on any atom is -0.493 e. The Morgan fingerprint density at radius 1 is 0.758 bits per heavy atom. The standard InChI is InChI=1S/C25H29ClO7/c1-29-22-15-21(32-24(27)30-17-8-4-2-5-9-17)20-14-16(26)12-13-19(20)23(22)33-25(28)31-18-10-6-3-7-11-18/h12-15,17-18H,2-11H2,1H3. The summed E-state index contributed by atoms with van der Waals surface area (Å²) in [5.41, 5.74) is 0. The number of methoxy groups -OCH3 is 1. The molecule has 2 aromatic carbocycles. The summed E-state index contributed by atoms with van der Waals surface area (Å²) in [6.07, 6.45) is 7.92. The van der Waals surface area contributed by atoms with E-state index in [0.717, 1.165) is 64.2 Å². The Kier molecular flexibility index (Phi) is 7.81. The summed E-state index contributed by atoms with van der Waals surface area (Å²) >= 11 is 6.21. The van der Waals surface area contributed by atoms with E-state index in [1.54, 1.807) is 18.2 Å². The molecule has 0 amide bonds. The average molecular weight is 477 g/mol. The smallest absolute Gasteiger partial charge is 0.493 e. The van der Waals surface area contributed by atoms with Gasteiger partial charge in [0.1, 0.15) is 18.0 Å². The van der Waals surface area contributed by atoms with Crippen molar-refractivity contribution in [3.63, 3.8) is 0 Å². The Hall–Kier alpha value is -2.67. The second-order valence-corrected chi connectivity index (χ2v) is 8.99. The van der Waals surface area contributed by atoms with Gasteiger partial charge in [-0.05, 0) is 69.6 Å². The molecule has 178 valence electrons.